The van der Waals surface area contributed by atoms with E-state index in [0.29, 0.717) is 16.7 Å². The second kappa shape index (κ2) is 8.53. The van der Waals surface area contributed by atoms with Crippen molar-refractivity contribution in [3.8, 4) is 11.1 Å². The van der Waals surface area contributed by atoms with Crippen LogP contribution in [0.2, 0.25) is 0 Å². The first-order chi connectivity index (χ1) is 16.0. The zero-order valence-corrected chi connectivity index (χ0v) is 20.3. The van der Waals surface area contributed by atoms with Crippen LogP contribution in [0.25, 0.3) is 11.1 Å². The zero-order valence-electron chi connectivity index (χ0n) is 18.7. The van der Waals surface area contributed by atoms with Crippen molar-refractivity contribution in [1.29, 1.82) is 0 Å². The van der Waals surface area contributed by atoms with E-state index in [1.807, 2.05) is 0 Å². The van der Waals surface area contributed by atoms with Crippen LogP contribution in [-0.4, -0.2) is 40.4 Å². The summed E-state index contributed by atoms with van der Waals surface area (Å²) >= 11 is 0. The molecule has 178 valence electrons. The van der Waals surface area contributed by atoms with Gasteiger partial charge in [-0.05, 0) is 60.9 Å². The van der Waals surface area contributed by atoms with E-state index in [9.17, 15) is 21.6 Å². The van der Waals surface area contributed by atoms with Crippen molar-refractivity contribution in [2.45, 2.75) is 34.6 Å². The SMILES string of the molecule is CC(C)N1C(=O)NCC1(c1cccc(-c2cccc(S(N)(=O)=O)c2)c1)S(=O)(=O)c1ccccc1. The summed E-state index contributed by atoms with van der Waals surface area (Å²) in [5.74, 6) is 0. The van der Waals surface area contributed by atoms with E-state index < -0.39 is 36.8 Å². The van der Waals surface area contributed by atoms with Gasteiger partial charge >= 0.3 is 6.03 Å². The number of benzene rings is 3. The summed E-state index contributed by atoms with van der Waals surface area (Å²) in [5.41, 5.74) is 1.53. The van der Waals surface area contributed by atoms with Gasteiger partial charge in [0.05, 0.1) is 16.3 Å². The van der Waals surface area contributed by atoms with Gasteiger partial charge in [-0.15, -0.1) is 0 Å². The number of nitrogens with one attached hydrogen (secondary N) is 1. The smallest absolute Gasteiger partial charge is 0.319 e. The average Bonchev–Trinajstić information content (AvgIpc) is 3.18. The van der Waals surface area contributed by atoms with Gasteiger partial charge < -0.3 is 5.32 Å². The maximum absolute atomic E-state index is 14.1. The minimum absolute atomic E-state index is 0.0523. The summed E-state index contributed by atoms with van der Waals surface area (Å²) in [6.45, 7) is 3.39. The Bertz CT molecular complexity index is 1450. The van der Waals surface area contributed by atoms with Crippen molar-refractivity contribution in [1.82, 2.24) is 10.2 Å². The molecule has 4 rings (SSSR count). The molecule has 1 aliphatic heterocycles. The average molecular weight is 500 g/mol. The molecule has 0 bridgehead atoms. The molecule has 3 aromatic carbocycles. The molecule has 3 aromatic rings. The summed E-state index contributed by atoms with van der Waals surface area (Å²) in [6, 6.07) is 20.0. The Morgan fingerprint density at radius 2 is 1.44 bits per heavy atom. The van der Waals surface area contributed by atoms with E-state index in [1.54, 1.807) is 68.4 Å². The second-order valence-corrected chi connectivity index (χ2v) is 12.1. The molecule has 1 fully saturated rings. The summed E-state index contributed by atoms with van der Waals surface area (Å²) in [6.07, 6.45) is 0. The molecule has 0 spiro atoms. The fourth-order valence-corrected chi connectivity index (χ4v) is 7.11. The molecule has 1 unspecified atom stereocenters. The van der Waals surface area contributed by atoms with Crippen LogP contribution in [0.15, 0.2) is 88.7 Å². The number of urea groups is 1. The monoisotopic (exact) mass is 499 g/mol. The quantitative estimate of drug-likeness (QED) is 0.539. The van der Waals surface area contributed by atoms with Gasteiger partial charge in [0, 0.05) is 6.04 Å². The number of nitrogens with zero attached hydrogens (tertiary/aromatic N) is 1. The lowest BCUT2D eigenvalue weighted by Crippen LogP contribution is -2.53. The molecule has 1 saturated heterocycles. The summed E-state index contributed by atoms with van der Waals surface area (Å²) < 4.78 is 51.9. The molecule has 0 radical (unpaired) electrons. The largest absolute Gasteiger partial charge is 0.334 e. The lowest BCUT2D eigenvalue weighted by molar-refractivity contribution is 0.170. The molecular weight excluding hydrogens is 474 g/mol. The highest BCUT2D eigenvalue weighted by Crippen LogP contribution is 2.43. The molecule has 1 heterocycles. The Hall–Kier alpha value is -3.21. The first kappa shape index (κ1) is 23.9. The maximum atomic E-state index is 14.1. The van der Waals surface area contributed by atoms with E-state index in [4.69, 9.17) is 5.14 Å². The molecule has 34 heavy (non-hydrogen) atoms. The van der Waals surface area contributed by atoms with Gasteiger partial charge in [0.2, 0.25) is 19.9 Å². The fraction of sp³-hybridized carbons (Fsp3) is 0.208. The number of carbonyl (C=O) groups excluding carboxylic acids is 1. The van der Waals surface area contributed by atoms with Crippen LogP contribution < -0.4 is 10.5 Å². The first-order valence-corrected chi connectivity index (χ1v) is 13.6. The van der Waals surface area contributed by atoms with Gasteiger partial charge in [-0.3, -0.25) is 4.90 Å². The molecule has 8 nitrogen and oxygen atoms in total. The van der Waals surface area contributed by atoms with Crippen LogP contribution in [0, 0.1) is 0 Å². The van der Waals surface area contributed by atoms with E-state index >= 15 is 0 Å². The predicted molar refractivity (Wildman–Crippen MR) is 129 cm³/mol. The van der Waals surface area contributed by atoms with Crippen molar-refractivity contribution < 1.29 is 21.6 Å². The fourth-order valence-electron chi connectivity index (χ4n) is 4.39. The van der Waals surface area contributed by atoms with E-state index in [0.717, 1.165) is 0 Å². The molecule has 10 heteroatoms. The molecule has 3 N–H and O–H groups in total. The number of sulfone groups is 1. The van der Waals surface area contributed by atoms with Gasteiger partial charge in [0.25, 0.3) is 0 Å². The Balaban J connectivity index is 1.96. The van der Waals surface area contributed by atoms with Crippen LogP contribution in [-0.2, 0) is 24.7 Å². The van der Waals surface area contributed by atoms with Gasteiger partial charge in [-0.25, -0.2) is 26.8 Å². The Morgan fingerprint density at radius 1 is 0.853 bits per heavy atom. The molecule has 2 amide bonds. The topological polar surface area (TPSA) is 127 Å². The van der Waals surface area contributed by atoms with Crippen LogP contribution in [0.1, 0.15) is 19.4 Å². The van der Waals surface area contributed by atoms with E-state index in [-0.39, 0.29) is 16.3 Å². The number of hydrogen-bond acceptors (Lipinski definition) is 5. The van der Waals surface area contributed by atoms with Crippen LogP contribution in [0.3, 0.4) is 0 Å². The first-order valence-electron chi connectivity index (χ1n) is 10.6. The highest BCUT2D eigenvalue weighted by atomic mass is 32.2. The standard InChI is InChI=1S/C24H25N3O5S2/c1-17(2)27-23(28)26-16-24(27,33(29,30)21-11-4-3-5-12-21)20-10-6-8-18(14-20)19-9-7-13-22(15-19)34(25,31)32/h3-15,17H,16H2,1-2H3,(H,26,28)(H2,25,31,32). The lowest BCUT2D eigenvalue weighted by Gasteiger charge is -2.39. The third-order valence-corrected chi connectivity index (χ3v) is 9.18. The third kappa shape index (κ3) is 3.87. The minimum Gasteiger partial charge on any atom is -0.334 e. The number of primary sulfonamides is 1. The van der Waals surface area contributed by atoms with Crippen molar-refractivity contribution in [3.05, 3.63) is 84.4 Å². The van der Waals surface area contributed by atoms with Crippen LogP contribution >= 0.6 is 0 Å². The number of sulfonamides is 1. The van der Waals surface area contributed by atoms with E-state index in [1.165, 1.54) is 29.2 Å². The number of carbonyl (C=O) groups is 1. The number of amides is 2. The lowest BCUT2D eigenvalue weighted by atomic mass is 9.98. The number of hydrogen-bond donors (Lipinski definition) is 2. The van der Waals surface area contributed by atoms with E-state index in [2.05, 4.69) is 5.32 Å². The van der Waals surface area contributed by atoms with Gasteiger partial charge in [0.15, 0.2) is 4.87 Å². The maximum Gasteiger partial charge on any atom is 0.319 e. The molecule has 0 aromatic heterocycles. The van der Waals surface area contributed by atoms with Gasteiger partial charge in [-0.2, -0.15) is 0 Å². The Kier molecular flexibility index (Phi) is 6.01. The molecule has 1 aliphatic rings. The van der Waals surface area contributed by atoms with Crippen LogP contribution in [0.5, 0.6) is 0 Å². The third-order valence-electron chi connectivity index (χ3n) is 5.91. The summed E-state index contributed by atoms with van der Waals surface area (Å²) in [4.78, 5) is 12.6. The van der Waals surface area contributed by atoms with Gasteiger partial charge in [0.1, 0.15) is 0 Å². The van der Waals surface area contributed by atoms with Crippen molar-refractivity contribution in [3.63, 3.8) is 0 Å². The molecule has 0 saturated carbocycles. The normalized spacial score (nSPS) is 18.8. The molecular formula is C24H25N3O5S2. The van der Waals surface area contributed by atoms with Crippen molar-refractivity contribution in [2.75, 3.05) is 6.54 Å². The summed E-state index contributed by atoms with van der Waals surface area (Å²) in [7, 11) is -8.00. The number of rotatable bonds is 6. The van der Waals surface area contributed by atoms with Gasteiger partial charge in [-0.1, -0.05) is 48.5 Å². The van der Waals surface area contributed by atoms with Crippen molar-refractivity contribution >= 4 is 25.9 Å². The molecule has 1 atom stereocenters. The Labute approximate surface area is 199 Å². The second-order valence-electron chi connectivity index (χ2n) is 8.38. The molecule has 0 aliphatic carbocycles. The minimum atomic E-state index is -4.08. The van der Waals surface area contributed by atoms with Crippen LogP contribution in [0.4, 0.5) is 4.79 Å². The number of nitrogens with two attached hydrogens (primary N) is 1. The zero-order chi connectivity index (χ0) is 24.7. The summed E-state index contributed by atoms with van der Waals surface area (Å²) in [5, 5.41) is 8.00. The predicted octanol–water partition coefficient (Wildman–Crippen LogP) is 3.06. The highest BCUT2D eigenvalue weighted by Gasteiger charge is 2.58. The van der Waals surface area contributed by atoms with Crippen molar-refractivity contribution in [2.24, 2.45) is 5.14 Å². The Morgan fingerprint density at radius 3 is 2.06 bits per heavy atom. The highest BCUT2D eigenvalue weighted by molar-refractivity contribution is 7.92.